The van der Waals surface area contributed by atoms with Gasteiger partial charge < -0.3 is 4.74 Å². The molecule has 25 heavy (non-hydrogen) atoms. The van der Waals surface area contributed by atoms with E-state index in [-0.39, 0.29) is 0 Å². The molecule has 2 aromatic carbocycles. The van der Waals surface area contributed by atoms with E-state index in [0.717, 1.165) is 17.7 Å². The number of ether oxygens (including phenoxy) is 1. The molecule has 0 amide bonds. The molecule has 0 aliphatic rings. The van der Waals surface area contributed by atoms with Crippen molar-refractivity contribution in [3.05, 3.63) is 57.1 Å². The summed E-state index contributed by atoms with van der Waals surface area (Å²) >= 11 is 12.9. The van der Waals surface area contributed by atoms with Gasteiger partial charge >= 0.3 is 0 Å². The molecule has 0 aliphatic carbocycles. The third-order valence-electron chi connectivity index (χ3n) is 4.22. The zero-order chi connectivity index (χ0) is 18.7. The molecule has 0 N–H and O–H groups in total. The van der Waals surface area contributed by atoms with Crippen LogP contribution in [-0.4, -0.2) is 0 Å². The van der Waals surface area contributed by atoms with Gasteiger partial charge in [-0.1, -0.05) is 70.8 Å². The van der Waals surface area contributed by atoms with Crippen molar-refractivity contribution in [2.75, 3.05) is 0 Å². The third kappa shape index (κ3) is 5.15. The maximum Gasteiger partial charge on any atom is 0.164 e. The maximum absolute atomic E-state index is 6.44. The van der Waals surface area contributed by atoms with Gasteiger partial charge in [0.1, 0.15) is 5.75 Å². The quantitative estimate of drug-likeness (QED) is 0.491. The maximum atomic E-state index is 6.44. The van der Waals surface area contributed by atoms with Gasteiger partial charge in [0, 0.05) is 0 Å². The fourth-order valence-corrected chi connectivity index (χ4v) is 3.67. The lowest BCUT2D eigenvalue weighted by molar-refractivity contribution is 0.481. The minimum atomic E-state index is 0.431. The second-order valence-electron chi connectivity index (χ2n) is 7.69. The van der Waals surface area contributed by atoms with Crippen molar-refractivity contribution in [1.82, 2.24) is 0 Å². The SMILES string of the molecule is CC(C)Cc1cc(Cl)c(Oc2ccc(C(C)C)c(C(C)C)c2)c(Cl)c1. The Kier molecular flexibility index (Phi) is 6.82. The van der Waals surface area contributed by atoms with Gasteiger partial charge in [-0.15, -0.1) is 0 Å². The number of benzene rings is 2. The van der Waals surface area contributed by atoms with Gasteiger partial charge in [0.15, 0.2) is 5.75 Å². The summed E-state index contributed by atoms with van der Waals surface area (Å²) < 4.78 is 6.06. The van der Waals surface area contributed by atoms with E-state index in [1.165, 1.54) is 11.1 Å². The van der Waals surface area contributed by atoms with Gasteiger partial charge in [-0.2, -0.15) is 0 Å². The van der Waals surface area contributed by atoms with E-state index in [2.05, 4.69) is 53.7 Å². The van der Waals surface area contributed by atoms with Crippen LogP contribution in [0.1, 0.15) is 70.1 Å². The van der Waals surface area contributed by atoms with Gasteiger partial charge in [0.05, 0.1) is 10.0 Å². The summed E-state index contributed by atoms with van der Waals surface area (Å²) in [6, 6.07) is 10.2. The lowest BCUT2D eigenvalue weighted by Gasteiger charge is -2.18. The highest BCUT2D eigenvalue weighted by atomic mass is 35.5. The normalized spacial score (nSPS) is 11.6. The lowest BCUT2D eigenvalue weighted by atomic mass is 9.90. The topological polar surface area (TPSA) is 9.23 Å². The molecule has 1 nitrogen and oxygen atoms in total. The Morgan fingerprint density at radius 1 is 0.800 bits per heavy atom. The molecule has 0 unspecified atom stereocenters. The van der Waals surface area contributed by atoms with Crippen LogP contribution in [0, 0.1) is 5.92 Å². The van der Waals surface area contributed by atoms with E-state index in [1.807, 2.05) is 18.2 Å². The van der Waals surface area contributed by atoms with Crippen molar-refractivity contribution in [3.8, 4) is 11.5 Å². The van der Waals surface area contributed by atoms with E-state index < -0.39 is 0 Å². The zero-order valence-electron chi connectivity index (χ0n) is 16.0. The third-order valence-corrected chi connectivity index (χ3v) is 4.79. The highest BCUT2D eigenvalue weighted by molar-refractivity contribution is 6.37. The zero-order valence-corrected chi connectivity index (χ0v) is 17.5. The van der Waals surface area contributed by atoms with Crippen LogP contribution in [0.2, 0.25) is 10.0 Å². The summed E-state index contributed by atoms with van der Waals surface area (Å²) in [5.41, 5.74) is 3.79. The highest BCUT2D eigenvalue weighted by Crippen LogP contribution is 2.39. The average Bonchev–Trinajstić information content (AvgIpc) is 2.49. The van der Waals surface area contributed by atoms with Crippen LogP contribution in [0.4, 0.5) is 0 Å². The summed E-state index contributed by atoms with van der Waals surface area (Å²) in [5.74, 6) is 2.77. The first kappa shape index (κ1) is 20.1. The van der Waals surface area contributed by atoms with E-state index in [1.54, 1.807) is 0 Å². The van der Waals surface area contributed by atoms with Crippen molar-refractivity contribution < 1.29 is 4.74 Å². The number of hydrogen-bond donors (Lipinski definition) is 0. The Balaban J connectivity index is 2.35. The summed E-state index contributed by atoms with van der Waals surface area (Å²) in [6.45, 7) is 13.2. The molecule has 0 aromatic heterocycles. The summed E-state index contributed by atoms with van der Waals surface area (Å²) in [7, 11) is 0. The summed E-state index contributed by atoms with van der Waals surface area (Å²) in [4.78, 5) is 0. The van der Waals surface area contributed by atoms with Gasteiger partial charge in [-0.3, -0.25) is 0 Å². The smallest absolute Gasteiger partial charge is 0.164 e. The molecular formula is C22H28Cl2O. The summed E-state index contributed by atoms with van der Waals surface area (Å²) in [5, 5.41) is 1.12. The van der Waals surface area contributed by atoms with Crippen molar-refractivity contribution >= 4 is 23.2 Å². The first-order chi connectivity index (χ1) is 11.7. The van der Waals surface area contributed by atoms with Crippen LogP contribution in [0.25, 0.3) is 0 Å². The standard InChI is InChI=1S/C22H28Cl2O/c1-13(2)9-16-10-20(23)22(21(24)11-16)25-17-7-8-18(14(3)4)19(12-17)15(5)6/h7-8,10-15H,9H2,1-6H3. The molecule has 2 aromatic rings. The van der Waals surface area contributed by atoms with Gasteiger partial charge in [0.2, 0.25) is 0 Å². The minimum Gasteiger partial charge on any atom is -0.454 e. The predicted octanol–water partition coefficient (Wildman–Crippen LogP) is 8.23. The molecule has 0 aliphatic heterocycles. The van der Waals surface area contributed by atoms with Crippen LogP contribution in [0.5, 0.6) is 11.5 Å². The van der Waals surface area contributed by atoms with Crippen LogP contribution in [0.3, 0.4) is 0 Å². The molecular weight excluding hydrogens is 351 g/mol. The molecule has 0 fully saturated rings. The molecule has 0 bridgehead atoms. The molecule has 0 heterocycles. The van der Waals surface area contributed by atoms with Crippen molar-refractivity contribution in [2.45, 2.75) is 59.8 Å². The van der Waals surface area contributed by atoms with Crippen LogP contribution in [0.15, 0.2) is 30.3 Å². The van der Waals surface area contributed by atoms with Crippen molar-refractivity contribution in [2.24, 2.45) is 5.92 Å². The number of halogens is 2. The fourth-order valence-electron chi connectivity index (χ4n) is 3.06. The molecule has 0 radical (unpaired) electrons. The Morgan fingerprint density at radius 3 is 1.84 bits per heavy atom. The molecule has 0 saturated heterocycles. The highest BCUT2D eigenvalue weighted by Gasteiger charge is 2.15. The fraction of sp³-hybridized carbons (Fsp3) is 0.455. The Morgan fingerprint density at radius 2 is 1.36 bits per heavy atom. The molecule has 0 atom stereocenters. The van der Waals surface area contributed by atoms with Crippen molar-refractivity contribution in [3.63, 3.8) is 0 Å². The minimum absolute atomic E-state index is 0.431. The van der Waals surface area contributed by atoms with E-state index in [9.17, 15) is 0 Å². The van der Waals surface area contributed by atoms with E-state index in [4.69, 9.17) is 27.9 Å². The molecule has 2 rings (SSSR count). The lowest BCUT2D eigenvalue weighted by Crippen LogP contribution is -2.00. The Hall–Kier alpha value is -1.18. The first-order valence-corrected chi connectivity index (χ1v) is 9.74. The Labute approximate surface area is 162 Å². The van der Waals surface area contributed by atoms with Gasteiger partial charge in [0.25, 0.3) is 0 Å². The van der Waals surface area contributed by atoms with E-state index in [0.29, 0.717) is 33.5 Å². The van der Waals surface area contributed by atoms with Crippen LogP contribution in [-0.2, 0) is 6.42 Å². The van der Waals surface area contributed by atoms with Gasteiger partial charge in [-0.25, -0.2) is 0 Å². The molecule has 0 spiro atoms. The molecule has 136 valence electrons. The van der Waals surface area contributed by atoms with E-state index >= 15 is 0 Å². The average molecular weight is 379 g/mol. The largest absolute Gasteiger partial charge is 0.454 e. The number of rotatable bonds is 6. The number of hydrogen-bond acceptors (Lipinski definition) is 1. The second kappa shape index (κ2) is 8.47. The Bertz CT molecular complexity index is 710. The summed E-state index contributed by atoms with van der Waals surface area (Å²) in [6.07, 6.45) is 0.945. The molecule has 0 saturated carbocycles. The molecule has 3 heteroatoms. The van der Waals surface area contributed by atoms with Crippen LogP contribution >= 0.6 is 23.2 Å². The second-order valence-corrected chi connectivity index (χ2v) is 8.50. The van der Waals surface area contributed by atoms with Gasteiger partial charge in [-0.05, 0) is 65.1 Å². The monoisotopic (exact) mass is 378 g/mol. The first-order valence-electron chi connectivity index (χ1n) is 8.98. The van der Waals surface area contributed by atoms with Crippen molar-refractivity contribution in [1.29, 1.82) is 0 Å². The van der Waals surface area contributed by atoms with Crippen LogP contribution < -0.4 is 4.74 Å². The predicted molar refractivity (Wildman–Crippen MR) is 110 cm³/mol.